The van der Waals surface area contributed by atoms with Gasteiger partial charge in [-0.25, -0.2) is 8.42 Å². The molecule has 27 heavy (non-hydrogen) atoms. The van der Waals surface area contributed by atoms with Crippen LogP contribution >= 0.6 is 0 Å². The molecule has 1 N–H and O–H groups in total. The van der Waals surface area contributed by atoms with Gasteiger partial charge in [-0.15, -0.1) is 0 Å². The van der Waals surface area contributed by atoms with Crippen molar-refractivity contribution in [2.75, 3.05) is 13.1 Å². The van der Waals surface area contributed by atoms with Crippen LogP contribution < -0.4 is 5.32 Å². The molecule has 0 spiro atoms. The van der Waals surface area contributed by atoms with Crippen LogP contribution in [0.2, 0.25) is 0 Å². The number of nitrogens with zero attached hydrogens (tertiary/aromatic N) is 2. The van der Waals surface area contributed by atoms with E-state index >= 15 is 0 Å². The number of carbonyl (C=O) groups is 1. The van der Waals surface area contributed by atoms with Crippen LogP contribution in [-0.4, -0.2) is 36.7 Å². The molecule has 1 aromatic heterocycles. The summed E-state index contributed by atoms with van der Waals surface area (Å²) in [6.45, 7) is 4.92. The number of hydrogen-bond acceptors (Lipinski definition) is 4. The first-order valence-electron chi connectivity index (χ1n) is 9.12. The first-order valence-corrected chi connectivity index (χ1v) is 10.6. The minimum absolute atomic E-state index is 0.0255. The molecule has 0 saturated carbocycles. The molecule has 0 bridgehead atoms. The Bertz CT molecular complexity index is 905. The Morgan fingerprint density at radius 3 is 2.59 bits per heavy atom. The van der Waals surface area contributed by atoms with E-state index < -0.39 is 10.0 Å². The molecule has 144 valence electrons. The van der Waals surface area contributed by atoms with Gasteiger partial charge in [0.25, 0.3) is 0 Å². The van der Waals surface area contributed by atoms with E-state index in [9.17, 15) is 13.2 Å². The van der Waals surface area contributed by atoms with Crippen LogP contribution in [0.15, 0.2) is 47.6 Å². The van der Waals surface area contributed by atoms with Crippen molar-refractivity contribution in [3.8, 4) is 0 Å². The van der Waals surface area contributed by atoms with E-state index in [0.29, 0.717) is 37.4 Å². The van der Waals surface area contributed by atoms with Gasteiger partial charge in [-0.2, -0.15) is 4.31 Å². The van der Waals surface area contributed by atoms with Gasteiger partial charge in [-0.05, 0) is 49.9 Å². The number of aryl methyl sites for hydroxylation is 2. The van der Waals surface area contributed by atoms with Crippen molar-refractivity contribution in [1.29, 1.82) is 0 Å². The van der Waals surface area contributed by atoms with Crippen LogP contribution in [0.5, 0.6) is 0 Å². The largest absolute Gasteiger partial charge is 0.352 e. The number of hydrogen-bond donors (Lipinski definition) is 1. The molecule has 1 amide bonds. The molecule has 1 saturated heterocycles. The number of rotatable bonds is 5. The van der Waals surface area contributed by atoms with E-state index in [1.807, 2.05) is 38.1 Å². The van der Waals surface area contributed by atoms with Crippen molar-refractivity contribution in [2.45, 2.75) is 38.1 Å². The standard InChI is InChI=1S/C20H25N3O3S/c1-15-5-6-19(16(2)12-15)27(25,26)23-10-7-18(8-11-23)20(24)22-14-17-4-3-9-21-13-17/h3-6,9,12-13,18H,7-8,10-11,14H2,1-2H3,(H,22,24). The Hall–Kier alpha value is -2.25. The molecule has 1 aromatic carbocycles. The number of pyridine rings is 1. The zero-order valence-electron chi connectivity index (χ0n) is 15.7. The van der Waals surface area contributed by atoms with Crippen LogP contribution in [0.25, 0.3) is 0 Å². The van der Waals surface area contributed by atoms with E-state index in [4.69, 9.17) is 0 Å². The number of aromatic nitrogens is 1. The van der Waals surface area contributed by atoms with E-state index in [-0.39, 0.29) is 11.8 Å². The molecular weight excluding hydrogens is 362 g/mol. The third-order valence-electron chi connectivity index (χ3n) is 4.96. The van der Waals surface area contributed by atoms with Crippen molar-refractivity contribution in [1.82, 2.24) is 14.6 Å². The number of amides is 1. The minimum Gasteiger partial charge on any atom is -0.352 e. The van der Waals surface area contributed by atoms with Gasteiger partial charge >= 0.3 is 0 Å². The fraction of sp³-hybridized carbons (Fsp3) is 0.400. The molecular formula is C20H25N3O3S. The van der Waals surface area contributed by atoms with E-state index in [2.05, 4.69) is 10.3 Å². The van der Waals surface area contributed by atoms with Crippen LogP contribution in [0, 0.1) is 19.8 Å². The second-order valence-corrected chi connectivity index (χ2v) is 8.93. The second-order valence-electron chi connectivity index (χ2n) is 7.03. The van der Waals surface area contributed by atoms with Gasteiger partial charge < -0.3 is 5.32 Å². The monoisotopic (exact) mass is 387 g/mol. The van der Waals surface area contributed by atoms with Crippen molar-refractivity contribution in [3.63, 3.8) is 0 Å². The normalized spacial score (nSPS) is 16.2. The third kappa shape index (κ3) is 4.54. The second kappa shape index (κ2) is 8.19. The molecule has 6 nitrogen and oxygen atoms in total. The number of benzene rings is 1. The summed E-state index contributed by atoms with van der Waals surface area (Å²) < 4.78 is 27.3. The Kier molecular flexibility index (Phi) is 5.92. The van der Waals surface area contributed by atoms with Crippen LogP contribution in [-0.2, 0) is 21.4 Å². The Morgan fingerprint density at radius 1 is 1.22 bits per heavy atom. The molecule has 0 radical (unpaired) electrons. The van der Waals surface area contributed by atoms with Gasteiger partial charge in [0.2, 0.25) is 15.9 Å². The van der Waals surface area contributed by atoms with Crippen molar-refractivity contribution in [3.05, 3.63) is 59.4 Å². The van der Waals surface area contributed by atoms with Gasteiger partial charge in [-0.3, -0.25) is 9.78 Å². The summed E-state index contributed by atoms with van der Waals surface area (Å²) in [5, 5.41) is 2.92. The van der Waals surface area contributed by atoms with Gasteiger partial charge in [0.15, 0.2) is 0 Å². The molecule has 1 aliphatic heterocycles. The zero-order chi connectivity index (χ0) is 19.4. The number of piperidine rings is 1. The smallest absolute Gasteiger partial charge is 0.243 e. The highest BCUT2D eigenvalue weighted by atomic mass is 32.2. The Morgan fingerprint density at radius 2 is 1.96 bits per heavy atom. The SMILES string of the molecule is Cc1ccc(S(=O)(=O)N2CCC(C(=O)NCc3cccnc3)CC2)c(C)c1. The summed E-state index contributed by atoms with van der Waals surface area (Å²) in [7, 11) is -3.52. The van der Waals surface area contributed by atoms with Crippen LogP contribution in [0.4, 0.5) is 0 Å². The van der Waals surface area contributed by atoms with Crippen LogP contribution in [0.1, 0.15) is 29.5 Å². The summed E-state index contributed by atoms with van der Waals surface area (Å²) in [5.74, 6) is -0.186. The van der Waals surface area contributed by atoms with Crippen molar-refractivity contribution in [2.24, 2.45) is 5.92 Å². The molecule has 2 heterocycles. The maximum absolute atomic E-state index is 12.9. The maximum atomic E-state index is 12.9. The Labute approximate surface area is 160 Å². The first-order chi connectivity index (χ1) is 12.9. The fourth-order valence-electron chi connectivity index (χ4n) is 3.42. The lowest BCUT2D eigenvalue weighted by atomic mass is 9.97. The molecule has 1 fully saturated rings. The highest BCUT2D eigenvalue weighted by Gasteiger charge is 2.32. The predicted molar refractivity (Wildman–Crippen MR) is 103 cm³/mol. The summed E-state index contributed by atoms with van der Waals surface area (Å²) >= 11 is 0. The molecule has 0 atom stereocenters. The number of carbonyl (C=O) groups excluding carboxylic acids is 1. The average molecular weight is 388 g/mol. The number of sulfonamides is 1. The third-order valence-corrected chi connectivity index (χ3v) is 7.02. The van der Waals surface area contributed by atoms with Crippen LogP contribution in [0.3, 0.4) is 0 Å². The van der Waals surface area contributed by atoms with E-state index in [0.717, 1.165) is 16.7 Å². The highest BCUT2D eigenvalue weighted by Crippen LogP contribution is 2.26. The van der Waals surface area contributed by atoms with Crippen molar-refractivity contribution >= 4 is 15.9 Å². The highest BCUT2D eigenvalue weighted by molar-refractivity contribution is 7.89. The average Bonchev–Trinajstić information content (AvgIpc) is 2.66. The zero-order valence-corrected chi connectivity index (χ0v) is 16.5. The van der Waals surface area contributed by atoms with Gasteiger partial charge in [0, 0.05) is 37.9 Å². The summed E-state index contributed by atoms with van der Waals surface area (Å²) in [5.41, 5.74) is 2.74. The lowest BCUT2D eigenvalue weighted by molar-refractivity contribution is -0.126. The predicted octanol–water partition coefficient (Wildman–Crippen LogP) is 2.42. The van der Waals surface area contributed by atoms with Gasteiger partial charge in [-0.1, -0.05) is 23.8 Å². The maximum Gasteiger partial charge on any atom is 0.243 e. The Balaban J connectivity index is 1.58. The quantitative estimate of drug-likeness (QED) is 0.854. The summed E-state index contributed by atoms with van der Waals surface area (Å²) in [6.07, 6.45) is 4.47. The molecule has 2 aromatic rings. The van der Waals surface area contributed by atoms with Crippen molar-refractivity contribution < 1.29 is 13.2 Å². The van der Waals surface area contributed by atoms with Gasteiger partial charge in [0.05, 0.1) is 4.90 Å². The summed E-state index contributed by atoms with van der Waals surface area (Å²) in [6, 6.07) is 9.11. The number of nitrogens with one attached hydrogen (secondary N) is 1. The molecule has 1 aliphatic rings. The molecule has 0 unspecified atom stereocenters. The summed E-state index contributed by atoms with van der Waals surface area (Å²) in [4.78, 5) is 16.8. The first kappa shape index (κ1) is 19.5. The van der Waals surface area contributed by atoms with E-state index in [1.165, 1.54) is 4.31 Å². The molecule has 0 aliphatic carbocycles. The molecule has 3 rings (SSSR count). The van der Waals surface area contributed by atoms with E-state index in [1.54, 1.807) is 18.5 Å². The minimum atomic E-state index is -3.52. The van der Waals surface area contributed by atoms with Gasteiger partial charge in [0.1, 0.15) is 0 Å². The molecule has 7 heteroatoms. The topological polar surface area (TPSA) is 79.4 Å². The lowest BCUT2D eigenvalue weighted by Crippen LogP contribution is -2.43. The lowest BCUT2D eigenvalue weighted by Gasteiger charge is -2.31. The fourth-order valence-corrected chi connectivity index (χ4v) is 5.10.